The van der Waals surface area contributed by atoms with Crippen LogP contribution in [0, 0.1) is 5.92 Å². The number of hydrogen-bond acceptors (Lipinski definition) is 4. The summed E-state index contributed by atoms with van der Waals surface area (Å²) in [6.07, 6.45) is 5.16. The third-order valence-electron chi connectivity index (χ3n) is 5.13. The summed E-state index contributed by atoms with van der Waals surface area (Å²) in [7, 11) is 0. The standard InChI is InChI=1S/C18H18ClF2N5O/c1-10-13(20)3-2-11(17(10)21)6-12-7-22-15-9-25(4-5-26(12)15)14-8-23-24-18(27)16(14)19/h2-3,7-8,10,17H,4-6,9H2,1H3,(H,24,27). The lowest BCUT2D eigenvalue weighted by Crippen LogP contribution is -2.35. The first kappa shape index (κ1) is 17.9. The zero-order chi connectivity index (χ0) is 19.1. The van der Waals surface area contributed by atoms with Crippen molar-refractivity contribution in [2.45, 2.75) is 32.6 Å². The molecule has 27 heavy (non-hydrogen) atoms. The largest absolute Gasteiger partial charge is 0.360 e. The first-order valence-corrected chi connectivity index (χ1v) is 9.05. The fourth-order valence-corrected chi connectivity index (χ4v) is 3.73. The molecule has 2 unspecified atom stereocenters. The van der Waals surface area contributed by atoms with Crippen LogP contribution in [0.5, 0.6) is 0 Å². The Morgan fingerprint density at radius 1 is 1.33 bits per heavy atom. The highest BCUT2D eigenvalue weighted by Gasteiger charge is 2.29. The number of imidazole rings is 1. The summed E-state index contributed by atoms with van der Waals surface area (Å²) >= 11 is 6.09. The minimum Gasteiger partial charge on any atom is -0.360 e. The number of aromatic nitrogens is 4. The molecule has 0 radical (unpaired) electrons. The fourth-order valence-electron chi connectivity index (χ4n) is 3.52. The Bertz CT molecular complexity index is 996. The number of halogens is 3. The lowest BCUT2D eigenvalue weighted by atomic mass is 9.90. The Morgan fingerprint density at radius 3 is 2.96 bits per heavy atom. The second kappa shape index (κ2) is 6.92. The highest BCUT2D eigenvalue weighted by atomic mass is 35.5. The molecule has 2 aliphatic rings. The van der Waals surface area contributed by atoms with Crippen LogP contribution >= 0.6 is 11.6 Å². The number of allylic oxidation sites excluding steroid dienone is 4. The second-order valence-electron chi connectivity index (χ2n) is 6.80. The molecule has 142 valence electrons. The van der Waals surface area contributed by atoms with Gasteiger partial charge in [0.15, 0.2) is 0 Å². The molecular weight excluding hydrogens is 376 g/mol. The summed E-state index contributed by atoms with van der Waals surface area (Å²) < 4.78 is 30.0. The van der Waals surface area contributed by atoms with Gasteiger partial charge in [-0.25, -0.2) is 18.9 Å². The molecule has 4 rings (SSSR count). The van der Waals surface area contributed by atoms with Crippen molar-refractivity contribution < 1.29 is 8.78 Å². The molecule has 0 bridgehead atoms. The van der Waals surface area contributed by atoms with Crippen LogP contribution in [0.15, 0.2) is 40.7 Å². The molecule has 6 nitrogen and oxygen atoms in total. The Labute approximate surface area is 159 Å². The van der Waals surface area contributed by atoms with Crippen molar-refractivity contribution in [3.05, 3.63) is 62.8 Å². The molecule has 9 heteroatoms. The monoisotopic (exact) mass is 393 g/mol. The number of nitrogens with zero attached hydrogens (tertiary/aromatic N) is 4. The van der Waals surface area contributed by atoms with Crippen molar-refractivity contribution in [2.24, 2.45) is 5.92 Å². The third-order valence-corrected chi connectivity index (χ3v) is 5.50. The molecule has 1 aliphatic heterocycles. The molecule has 0 aromatic carbocycles. The zero-order valence-corrected chi connectivity index (χ0v) is 15.4. The summed E-state index contributed by atoms with van der Waals surface area (Å²) in [5.41, 5.74) is 1.56. The Balaban J connectivity index is 1.56. The number of anilines is 1. The molecule has 0 fully saturated rings. The van der Waals surface area contributed by atoms with Crippen molar-refractivity contribution in [1.29, 1.82) is 0 Å². The number of nitrogens with one attached hydrogen (secondary N) is 1. The fraction of sp³-hybridized carbons (Fsp3) is 0.389. The summed E-state index contributed by atoms with van der Waals surface area (Å²) in [4.78, 5) is 18.0. The van der Waals surface area contributed by atoms with E-state index < -0.39 is 23.5 Å². The molecular formula is C18H18ClF2N5O. The minimum atomic E-state index is -1.33. The SMILES string of the molecule is CC1C(F)=CC=C(Cc2cnc3n2CCN(c2cn[nH]c(=O)c2Cl)C3)C1F. The first-order valence-electron chi connectivity index (χ1n) is 8.67. The molecule has 0 saturated heterocycles. The van der Waals surface area contributed by atoms with E-state index in [9.17, 15) is 13.6 Å². The average Bonchev–Trinajstić information content (AvgIpc) is 3.06. The van der Waals surface area contributed by atoms with Gasteiger partial charge < -0.3 is 9.47 Å². The number of hydrogen-bond donors (Lipinski definition) is 1. The van der Waals surface area contributed by atoms with E-state index in [0.717, 1.165) is 11.5 Å². The zero-order valence-electron chi connectivity index (χ0n) is 14.6. The van der Waals surface area contributed by atoms with E-state index in [0.29, 0.717) is 37.3 Å². The second-order valence-corrected chi connectivity index (χ2v) is 7.18. The molecule has 3 heterocycles. The van der Waals surface area contributed by atoms with Gasteiger partial charge in [-0.15, -0.1) is 0 Å². The van der Waals surface area contributed by atoms with Gasteiger partial charge in [0.1, 0.15) is 22.8 Å². The summed E-state index contributed by atoms with van der Waals surface area (Å²) in [6, 6.07) is 0. The highest BCUT2D eigenvalue weighted by Crippen LogP contribution is 2.32. The minimum absolute atomic E-state index is 0.0978. The Morgan fingerprint density at radius 2 is 2.15 bits per heavy atom. The first-order chi connectivity index (χ1) is 13.0. The predicted molar refractivity (Wildman–Crippen MR) is 98.2 cm³/mol. The molecule has 0 spiro atoms. The lowest BCUT2D eigenvalue weighted by Gasteiger charge is -2.30. The number of alkyl halides is 1. The summed E-state index contributed by atoms with van der Waals surface area (Å²) in [6.45, 7) is 3.25. The van der Waals surface area contributed by atoms with E-state index in [2.05, 4.69) is 15.2 Å². The van der Waals surface area contributed by atoms with Crippen LogP contribution in [0.2, 0.25) is 5.02 Å². The van der Waals surface area contributed by atoms with E-state index >= 15 is 0 Å². The van der Waals surface area contributed by atoms with E-state index in [1.165, 1.54) is 18.3 Å². The van der Waals surface area contributed by atoms with Crippen LogP contribution in [-0.2, 0) is 19.5 Å². The predicted octanol–water partition coefficient (Wildman–Crippen LogP) is 2.95. The molecule has 1 N–H and O–H groups in total. The molecule has 1 aliphatic carbocycles. The van der Waals surface area contributed by atoms with E-state index in [4.69, 9.17) is 11.6 Å². The Kier molecular flexibility index (Phi) is 4.59. The maximum Gasteiger partial charge on any atom is 0.285 e. The number of H-pyrrole nitrogens is 1. The smallest absolute Gasteiger partial charge is 0.285 e. The molecule has 0 amide bonds. The van der Waals surface area contributed by atoms with Crippen LogP contribution in [0.25, 0.3) is 0 Å². The van der Waals surface area contributed by atoms with Gasteiger partial charge in [0.05, 0.1) is 18.4 Å². The lowest BCUT2D eigenvalue weighted by molar-refractivity contribution is 0.272. The van der Waals surface area contributed by atoms with E-state index in [-0.39, 0.29) is 5.02 Å². The van der Waals surface area contributed by atoms with Crippen LogP contribution in [0.1, 0.15) is 18.4 Å². The van der Waals surface area contributed by atoms with Gasteiger partial charge in [0.2, 0.25) is 0 Å². The molecule has 0 saturated carbocycles. The van der Waals surface area contributed by atoms with Crippen LogP contribution in [-0.4, -0.2) is 32.5 Å². The topological polar surface area (TPSA) is 66.8 Å². The van der Waals surface area contributed by atoms with Crippen molar-refractivity contribution in [2.75, 3.05) is 11.4 Å². The average molecular weight is 394 g/mol. The van der Waals surface area contributed by atoms with Gasteiger partial charge in [0, 0.05) is 37.3 Å². The quantitative estimate of drug-likeness (QED) is 0.870. The molecule has 2 aromatic rings. The van der Waals surface area contributed by atoms with Crippen LogP contribution in [0.4, 0.5) is 14.5 Å². The van der Waals surface area contributed by atoms with Crippen molar-refractivity contribution in [3.8, 4) is 0 Å². The summed E-state index contributed by atoms with van der Waals surface area (Å²) in [5, 5.41) is 6.20. The van der Waals surface area contributed by atoms with E-state index in [1.807, 2.05) is 9.47 Å². The van der Waals surface area contributed by atoms with Crippen molar-refractivity contribution in [3.63, 3.8) is 0 Å². The van der Waals surface area contributed by atoms with Crippen LogP contribution in [0.3, 0.4) is 0 Å². The van der Waals surface area contributed by atoms with Gasteiger partial charge in [-0.1, -0.05) is 24.6 Å². The van der Waals surface area contributed by atoms with Gasteiger partial charge in [0.25, 0.3) is 5.56 Å². The number of rotatable bonds is 3. The highest BCUT2D eigenvalue weighted by molar-refractivity contribution is 6.32. The normalized spacial score (nSPS) is 22.3. The molecule has 2 atom stereocenters. The molecule has 2 aromatic heterocycles. The maximum atomic E-state index is 14.4. The van der Waals surface area contributed by atoms with Gasteiger partial charge in [-0.2, -0.15) is 5.10 Å². The number of fused-ring (bicyclic) bond motifs is 1. The van der Waals surface area contributed by atoms with Crippen molar-refractivity contribution in [1.82, 2.24) is 19.7 Å². The number of aromatic amines is 1. The van der Waals surface area contributed by atoms with Crippen molar-refractivity contribution >= 4 is 17.3 Å². The van der Waals surface area contributed by atoms with Gasteiger partial charge >= 0.3 is 0 Å². The van der Waals surface area contributed by atoms with E-state index in [1.54, 1.807) is 13.1 Å². The van der Waals surface area contributed by atoms with Crippen LogP contribution < -0.4 is 10.5 Å². The maximum absolute atomic E-state index is 14.4. The van der Waals surface area contributed by atoms with Gasteiger partial charge in [-0.3, -0.25) is 4.79 Å². The third kappa shape index (κ3) is 3.18. The summed E-state index contributed by atoms with van der Waals surface area (Å²) in [5.74, 6) is -0.384. The Hall–Kier alpha value is -2.48. The van der Waals surface area contributed by atoms with Gasteiger partial charge in [-0.05, 0) is 11.6 Å².